The summed E-state index contributed by atoms with van der Waals surface area (Å²) >= 11 is 17.0. The molecule has 0 spiro atoms. The first kappa shape index (κ1) is 8.27. The summed E-state index contributed by atoms with van der Waals surface area (Å²) in [5.41, 5.74) is 0.0926. The highest BCUT2D eigenvalue weighted by molar-refractivity contribution is 7.11. The Kier molecular flexibility index (Phi) is 2.52. The van der Waals surface area contributed by atoms with Gasteiger partial charge in [0.1, 0.15) is 9.90 Å². The number of carbonyl (C=O) groups excluding carboxylic acids is 1. The molecule has 0 aliphatic carbocycles. The Bertz CT molecular complexity index is 252. The molecule has 1 aromatic heterocycles. The minimum Gasteiger partial charge on any atom is -0.275 e. The topological polar surface area (TPSA) is 30.0 Å². The van der Waals surface area contributed by atoms with Crippen molar-refractivity contribution in [2.45, 2.75) is 0 Å². The second-order valence-electron chi connectivity index (χ2n) is 1.40. The van der Waals surface area contributed by atoms with E-state index in [0.717, 1.165) is 11.5 Å². The van der Waals surface area contributed by atoms with Crippen molar-refractivity contribution in [3.8, 4) is 0 Å². The second kappa shape index (κ2) is 3.05. The second-order valence-corrected chi connectivity index (χ2v) is 3.47. The van der Waals surface area contributed by atoms with Gasteiger partial charge in [-0.2, -0.15) is 4.37 Å². The van der Waals surface area contributed by atoms with Crippen LogP contribution in [-0.2, 0) is 0 Å². The maximum Gasteiger partial charge on any atom is 0.257 e. The maximum atomic E-state index is 10.5. The van der Waals surface area contributed by atoms with E-state index in [-0.39, 0.29) is 15.1 Å². The summed E-state index contributed by atoms with van der Waals surface area (Å²) in [6, 6.07) is 0. The highest BCUT2D eigenvalue weighted by Gasteiger charge is 2.15. The molecule has 0 amide bonds. The fourth-order valence-corrected chi connectivity index (χ4v) is 1.95. The summed E-state index contributed by atoms with van der Waals surface area (Å²) in [5, 5.41) is -0.612. The Morgan fingerprint density at radius 2 is 2.10 bits per heavy atom. The molecule has 0 aliphatic rings. The van der Waals surface area contributed by atoms with Crippen molar-refractivity contribution in [1.82, 2.24) is 4.37 Å². The van der Waals surface area contributed by atoms with Crippen LogP contribution in [0.25, 0.3) is 0 Å². The maximum absolute atomic E-state index is 10.5. The van der Waals surface area contributed by atoms with Crippen molar-refractivity contribution in [2.75, 3.05) is 0 Å². The third kappa shape index (κ3) is 1.42. The number of aromatic nitrogens is 1. The van der Waals surface area contributed by atoms with Crippen LogP contribution in [0.5, 0.6) is 0 Å². The van der Waals surface area contributed by atoms with Crippen LogP contribution in [0.2, 0.25) is 9.49 Å². The van der Waals surface area contributed by atoms with Crippen LogP contribution >= 0.6 is 46.3 Å². The standard InChI is InChI=1S/C4Cl3NOS/c5-2-1(3(6)9)4(7)10-8-2. The lowest BCUT2D eigenvalue weighted by molar-refractivity contribution is 0.108. The number of rotatable bonds is 1. The third-order valence-corrected chi connectivity index (χ3v) is 2.40. The van der Waals surface area contributed by atoms with E-state index in [2.05, 4.69) is 4.37 Å². The van der Waals surface area contributed by atoms with Gasteiger partial charge >= 0.3 is 0 Å². The van der Waals surface area contributed by atoms with Gasteiger partial charge in [-0.15, -0.1) is 0 Å². The quantitative estimate of drug-likeness (QED) is 0.676. The Hall–Kier alpha value is 0.170. The highest BCUT2D eigenvalue weighted by atomic mass is 35.5. The van der Waals surface area contributed by atoms with Crippen molar-refractivity contribution in [3.05, 3.63) is 15.1 Å². The molecule has 1 rings (SSSR count). The first-order valence-electron chi connectivity index (χ1n) is 2.13. The van der Waals surface area contributed by atoms with Gasteiger partial charge in [0.15, 0.2) is 5.15 Å². The molecule has 6 heteroatoms. The van der Waals surface area contributed by atoms with E-state index in [1.807, 2.05) is 0 Å². The number of carbonyl (C=O) groups is 1. The zero-order valence-corrected chi connectivity index (χ0v) is 7.48. The summed E-state index contributed by atoms with van der Waals surface area (Å²) in [6.07, 6.45) is 0. The molecule has 0 N–H and O–H groups in total. The van der Waals surface area contributed by atoms with Crippen LogP contribution in [0.15, 0.2) is 0 Å². The molecule has 1 aromatic rings. The molecule has 2 nitrogen and oxygen atoms in total. The molecule has 0 aromatic carbocycles. The molecule has 1 heterocycles. The summed E-state index contributed by atoms with van der Waals surface area (Å²) in [7, 11) is 0. The van der Waals surface area contributed by atoms with E-state index in [1.54, 1.807) is 0 Å². The Balaban J connectivity index is 3.23. The molecule has 0 saturated heterocycles. The fraction of sp³-hybridized carbons (Fsp3) is 0. The normalized spacial score (nSPS) is 9.90. The number of halogens is 3. The summed E-state index contributed by atoms with van der Waals surface area (Å²) in [4.78, 5) is 10.5. The minimum absolute atomic E-state index is 0.0648. The SMILES string of the molecule is O=C(Cl)c1c(Cl)nsc1Cl. The van der Waals surface area contributed by atoms with E-state index < -0.39 is 5.24 Å². The van der Waals surface area contributed by atoms with Crippen molar-refractivity contribution < 1.29 is 4.79 Å². The van der Waals surface area contributed by atoms with Gasteiger partial charge in [0, 0.05) is 0 Å². The van der Waals surface area contributed by atoms with Crippen LogP contribution in [0.3, 0.4) is 0 Å². The van der Waals surface area contributed by atoms with Gasteiger partial charge in [-0.05, 0) is 23.1 Å². The van der Waals surface area contributed by atoms with Crippen molar-refractivity contribution in [1.29, 1.82) is 0 Å². The lowest BCUT2D eigenvalue weighted by Crippen LogP contribution is -1.86. The smallest absolute Gasteiger partial charge is 0.257 e. The van der Waals surface area contributed by atoms with Crippen LogP contribution in [0.1, 0.15) is 10.4 Å². The molecule has 54 valence electrons. The molecule has 0 bridgehead atoms. The Morgan fingerprint density at radius 1 is 1.50 bits per heavy atom. The van der Waals surface area contributed by atoms with E-state index >= 15 is 0 Å². The van der Waals surface area contributed by atoms with E-state index in [0.29, 0.717) is 0 Å². The van der Waals surface area contributed by atoms with E-state index in [9.17, 15) is 4.79 Å². The summed E-state index contributed by atoms with van der Waals surface area (Å²) in [6.45, 7) is 0. The predicted octanol–water partition coefficient (Wildman–Crippen LogP) is 2.83. The molecular weight excluding hydrogens is 216 g/mol. The summed E-state index contributed by atoms with van der Waals surface area (Å²) < 4.78 is 3.83. The highest BCUT2D eigenvalue weighted by Crippen LogP contribution is 2.28. The first-order chi connectivity index (χ1) is 4.63. The van der Waals surface area contributed by atoms with Gasteiger partial charge in [0.05, 0.1) is 0 Å². The van der Waals surface area contributed by atoms with Gasteiger partial charge in [-0.25, -0.2) is 0 Å². The number of nitrogens with zero attached hydrogens (tertiary/aromatic N) is 1. The molecular formula is C4Cl3NOS. The van der Waals surface area contributed by atoms with Crippen LogP contribution in [0, 0.1) is 0 Å². The lowest BCUT2D eigenvalue weighted by atomic mass is 10.4. The van der Waals surface area contributed by atoms with Gasteiger partial charge < -0.3 is 0 Å². The molecule has 0 aliphatic heterocycles. The van der Waals surface area contributed by atoms with Gasteiger partial charge in [-0.1, -0.05) is 23.2 Å². The number of hydrogen-bond acceptors (Lipinski definition) is 3. The third-order valence-electron chi connectivity index (χ3n) is 0.805. The number of hydrogen-bond donors (Lipinski definition) is 0. The Morgan fingerprint density at radius 3 is 2.30 bits per heavy atom. The van der Waals surface area contributed by atoms with E-state index in [4.69, 9.17) is 34.8 Å². The van der Waals surface area contributed by atoms with Crippen molar-refractivity contribution in [3.63, 3.8) is 0 Å². The molecule has 0 fully saturated rings. The van der Waals surface area contributed by atoms with Crippen molar-refractivity contribution in [2.24, 2.45) is 0 Å². The van der Waals surface area contributed by atoms with Gasteiger partial charge in [-0.3, -0.25) is 4.79 Å². The zero-order chi connectivity index (χ0) is 7.72. The Labute approximate surface area is 75.9 Å². The van der Waals surface area contributed by atoms with Gasteiger partial charge in [0.25, 0.3) is 5.24 Å². The van der Waals surface area contributed by atoms with Crippen LogP contribution in [0.4, 0.5) is 0 Å². The molecule has 10 heavy (non-hydrogen) atoms. The lowest BCUT2D eigenvalue weighted by Gasteiger charge is -1.85. The first-order valence-corrected chi connectivity index (χ1v) is 4.04. The van der Waals surface area contributed by atoms with Crippen LogP contribution in [-0.4, -0.2) is 9.62 Å². The van der Waals surface area contributed by atoms with Gasteiger partial charge in [0.2, 0.25) is 0 Å². The zero-order valence-electron chi connectivity index (χ0n) is 4.40. The monoisotopic (exact) mass is 215 g/mol. The minimum atomic E-state index is -0.677. The summed E-state index contributed by atoms with van der Waals surface area (Å²) in [5.74, 6) is 0. The largest absolute Gasteiger partial charge is 0.275 e. The molecule has 0 unspecified atom stereocenters. The average Bonchev–Trinajstić information content (AvgIpc) is 2.11. The predicted molar refractivity (Wildman–Crippen MR) is 42.3 cm³/mol. The molecule has 0 atom stereocenters. The van der Waals surface area contributed by atoms with Crippen molar-refractivity contribution >= 4 is 51.6 Å². The van der Waals surface area contributed by atoms with Crippen LogP contribution < -0.4 is 0 Å². The molecule has 0 radical (unpaired) electrons. The average molecular weight is 216 g/mol. The fourth-order valence-electron chi connectivity index (χ4n) is 0.411. The molecule has 0 saturated carbocycles. The van der Waals surface area contributed by atoms with E-state index in [1.165, 1.54) is 0 Å².